The van der Waals surface area contributed by atoms with E-state index < -0.39 is 0 Å². The van der Waals surface area contributed by atoms with Gasteiger partial charge in [-0.15, -0.1) is 0 Å². The summed E-state index contributed by atoms with van der Waals surface area (Å²) in [6.07, 6.45) is 4.89. The first-order valence-corrected chi connectivity index (χ1v) is 8.91. The summed E-state index contributed by atoms with van der Waals surface area (Å²) in [5.41, 5.74) is 3.05. The molecule has 1 aromatic carbocycles. The minimum atomic E-state index is 0.656. The van der Waals surface area contributed by atoms with E-state index in [2.05, 4.69) is 44.3 Å². The van der Waals surface area contributed by atoms with Gasteiger partial charge in [-0.2, -0.15) is 0 Å². The summed E-state index contributed by atoms with van der Waals surface area (Å²) in [5, 5.41) is 3.75. The summed E-state index contributed by atoms with van der Waals surface area (Å²) in [5.74, 6) is 0. The van der Waals surface area contributed by atoms with Gasteiger partial charge in [0.1, 0.15) is 0 Å². The molecule has 3 rings (SSSR count). The number of hydrogen-bond donors (Lipinski definition) is 1. The number of morpholine rings is 1. The Kier molecular flexibility index (Phi) is 5.69. The van der Waals surface area contributed by atoms with Gasteiger partial charge in [-0.1, -0.05) is 22.0 Å². The Balaban J connectivity index is 1.38. The minimum absolute atomic E-state index is 0.656. The maximum atomic E-state index is 5.38. The molecule has 1 N–H and O–H groups in total. The van der Waals surface area contributed by atoms with Gasteiger partial charge in [0.05, 0.1) is 13.2 Å². The second-order valence-corrected chi connectivity index (χ2v) is 7.03. The lowest BCUT2D eigenvalue weighted by Gasteiger charge is -2.28. The first-order chi connectivity index (χ1) is 10.3. The van der Waals surface area contributed by atoms with E-state index >= 15 is 0 Å². The highest BCUT2D eigenvalue weighted by Gasteiger charge is 2.18. The molecule has 1 aromatic rings. The quantitative estimate of drug-likeness (QED) is 0.824. The summed E-state index contributed by atoms with van der Waals surface area (Å²) < 4.78 is 6.59. The molecule has 21 heavy (non-hydrogen) atoms. The Hall–Kier alpha value is -0.420. The van der Waals surface area contributed by atoms with Gasteiger partial charge in [-0.3, -0.25) is 4.90 Å². The van der Waals surface area contributed by atoms with Gasteiger partial charge in [0.2, 0.25) is 0 Å². The van der Waals surface area contributed by atoms with E-state index in [1.165, 1.54) is 47.8 Å². The monoisotopic (exact) mass is 352 g/mol. The third-order valence-electron chi connectivity index (χ3n) is 4.58. The van der Waals surface area contributed by atoms with Crippen molar-refractivity contribution in [3.8, 4) is 0 Å². The number of aryl methyl sites for hydroxylation is 1. The van der Waals surface area contributed by atoms with Crippen molar-refractivity contribution in [1.29, 1.82) is 0 Å². The highest BCUT2D eigenvalue weighted by Crippen LogP contribution is 2.24. The van der Waals surface area contributed by atoms with Crippen LogP contribution >= 0.6 is 15.9 Å². The van der Waals surface area contributed by atoms with Crippen LogP contribution < -0.4 is 5.32 Å². The van der Waals surface area contributed by atoms with Crippen LogP contribution in [0, 0.1) is 0 Å². The van der Waals surface area contributed by atoms with E-state index in [1.807, 2.05) is 0 Å². The number of hydrogen-bond acceptors (Lipinski definition) is 3. The van der Waals surface area contributed by atoms with Gasteiger partial charge in [-0.25, -0.2) is 0 Å². The molecule has 0 bridgehead atoms. The van der Waals surface area contributed by atoms with E-state index in [0.717, 1.165) is 32.8 Å². The Morgan fingerprint density at radius 2 is 2.10 bits per heavy atom. The zero-order valence-electron chi connectivity index (χ0n) is 12.6. The van der Waals surface area contributed by atoms with Crippen molar-refractivity contribution in [2.75, 3.05) is 39.4 Å². The van der Waals surface area contributed by atoms with Crippen molar-refractivity contribution in [3.63, 3.8) is 0 Å². The average molecular weight is 353 g/mol. The molecule has 1 atom stereocenters. The van der Waals surface area contributed by atoms with Gasteiger partial charge in [0.15, 0.2) is 0 Å². The number of halogens is 1. The fourth-order valence-electron chi connectivity index (χ4n) is 3.33. The van der Waals surface area contributed by atoms with E-state index in [1.54, 1.807) is 0 Å². The molecular weight excluding hydrogens is 328 g/mol. The summed E-state index contributed by atoms with van der Waals surface area (Å²) in [4.78, 5) is 2.51. The maximum Gasteiger partial charge on any atom is 0.0594 e. The standard InChI is InChI=1S/C17H25BrN2O/c18-16-4-2-15-13-17(5-3-14(15)12-16)19-6-1-7-20-8-10-21-11-9-20/h2,4,12,17,19H,1,3,5-11,13H2. The smallest absolute Gasteiger partial charge is 0.0594 e. The van der Waals surface area contributed by atoms with Crippen LogP contribution in [-0.2, 0) is 17.6 Å². The highest BCUT2D eigenvalue weighted by molar-refractivity contribution is 9.10. The number of rotatable bonds is 5. The fraction of sp³-hybridized carbons (Fsp3) is 0.647. The number of nitrogens with zero attached hydrogens (tertiary/aromatic N) is 1. The lowest BCUT2D eigenvalue weighted by atomic mass is 9.88. The highest BCUT2D eigenvalue weighted by atomic mass is 79.9. The topological polar surface area (TPSA) is 24.5 Å². The van der Waals surface area contributed by atoms with Crippen LogP contribution in [0.4, 0.5) is 0 Å². The molecule has 2 aliphatic rings. The first-order valence-electron chi connectivity index (χ1n) is 8.12. The lowest BCUT2D eigenvalue weighted by molar-refractivity contribution is 0.0373. The molecular formula is C17H25BrN2O. The average Bonchev–Trinajstić information content (AvgIpc) is 2.52. The summed E-state index contributed by atoms with van der Waals surface area (Å²) in [6.45, 7) is 6.35. The molecule has 1 saturated heterocycles. The lowest BCUT2D eigenvalue weighted by Crippen LogP contribution is -2.39. The van der Waals surface area contributed by atoms with Crippen molar-refractivity contribution < 1.29 is 4.74 Å². The Morgan fingerprint density at radius 3 is 2.95 bits per heavy atom. The second-order valence-electron chi connectivity index (χ2n) is 6.11. The Morgan fingerprint density at radius 1 is 1.24 bits per heavy atom. The van der Waals surface area contributed by atoms with Crippen molar-refractivity contribution in [2.24, 2.45) is 0 Å². The number of fused-ring (bicyclic) bond motifs is 1. The van der Waals surface area contributed by atoms with Crippen LogP contribution in [0.3, 0.4) is 0 Å². The molecule has 1 fully saturated rings. The second kappa shape index (κ2) is 7.73. The molecule has 4 heteroatoms. The number of nitrogens with one attached hydrogen (secondary N) is 1. The molecule has 1 aliphatic carbocycles. The molecule has 116 valence electrons. The van der Waals surface area contributed by atoms with E-state index in [4.69, 9.17) is 4.74 Å². The van der Waals surface area contributed by atoms with Gasteiger partial charge >= 0.3 is 0 Å². The van der Waals surface area contributed by atoms with E-state index in [0.29, 0.717) is 6.04 Å². The van der Waals surface area contributed by atoms with Gasteiger partial charge in [-0.05, 0) is 62.0 Å². The van der Waals surface area contributed by atoms with Crippen LogP contribution in [0.25, 0.3) is 0 Å². The Bertz CT molecular complexity index is 460. The number of benzene rings is 1. The molecule has 1 unspecified atom stereocenters. The maximum absolute atomic E-state index is 5.38. The summed E-state index contributed by atoms with van der Waals surface area (Å²) in [7, 11) is 0. The number of ether oxygens (including phenoxy) is 1. The van der Waals surface area contributed by atoms with Crippen LogP contribution in [0.2, 0.25) is 0 Å². The van der Waals surface area contributed by atoms with E-state index in [9.17, 15) is 0 Å². The van der Waals surface area contributed by atoms with Crippen molar-refractivity contribution in [1.82, 2.24) is 10.2 Å². The van der Waals surface area contributed by atoms with Crippen molar-refractivity contribution in [3.05, 3.63) is 33.8 Å². The third kappa shape index (κ3) is 4.52. The molecule has 0 aromatic heterocycles. The largest absolute Gasteiger partial charge is 0.379 e. The third-order valence-corrected chi connectivity index (χ3v) is 5.08. The SMILES string of the molecule is Brc1ccc2c(c1)CCC(NCCCN1CCOCC1)C2. The fourth-order valence-corrected chi connectivity index (χ4v) is 3.74. The van der Waals surface area contributed by atoms with E-state index in [-0.39, 0.29) is 0 Å². The summed E-state index contributed by atoms with van der Waals surface area (Å²) in [6, 6.07) is 7.38. The van der Waals surface area contributed by atoms with Crippen LogP contribution in [0.1, 0.15) is 24.0 Å². The zero-order chi connectivity index (χ0) is 14.5. The molecule has 0 amide bonds. The predicted octanol–water partition coefficient (Wildman–Crippen LogP) is 2.62. The zero-order valence-corrected chi connectivity index (χ0v) is 14.2. The van der Waals surface area contributed by atoms with Crippen molar-refractivity contribution >= 4 is 15.9 Å². The minimum Gasteiger partial charge on any atom is -0.379 e. The molecule has 3 nitrogen and oxygen atoms in total. The van der Waals surface area contributed by atoms with Crippen LogP contribution in [0.15, 0.2) is 22.7 Å². The predicted molar refractivity (Wildman–Crippen MR) is 89.8 cm³/mol. The molecule has 1 heterocycles. The van der Waals surface area contributed by atoms with Crippen LogP contribution in [-0.4, -0.2) is 50.3 Å². The molecule has 1 aliphatic heterocycles. The van der Waals surface area contributed by atoms with Gasteiger partial charge < -0.3 is 10.1 Å². The van der Waals surface area contributed by atoms with Gasteiger partial charge in [0, 0.05) is 23.6 Å². The summed E-state index contributed by atoms with van der Waals surface area (Å²) >= 11 is 3.57. The van der Waals surface area contributed by atoms with Crippen molar-refractivity contribution in [2.45, 2.75) is 31.7 Å². The molecule has 0 saturated carbocycles. The first kappa shape index (κ1) is 15.5. The van der Waals surface area contributed by atoms with Crippen LogP contribution in [0.5, 0.6) is 0 Å². The normalized spacial score (nSPS) is 23.0. The molecule has 0 radical (unpaired) electrons. The molecule has 0 spiro atoms. The Labute approximate surface area is 136 Å². The van der Waals surface area contributed by atoms with Gasteiger partial charge in [0.25, 0.3) is 0 Å².